The third kappa shape index (κ3) is 3.37. The molecule has 0 radical (unpaired) electrons. The largest absolute Gasteiger partial charge is 0.419 e. The van der Waals surface area contributed by atoms with Gasteiger partial charge in [0.1, 0.15) is 12.2 Å². The summed E-state index contributed by atoms with van der Waals surface area (Å²) in [5.74, 6) is 1.40. The van der Waals surface area contributed by atoms with Crippen molar-refractivity contribution in [2.75, 3.05) is 5.32 Å². The molecule has 1 fully saturated rings. The number of carbonyl (C=O) groups is 1. The Morgan fingerprint density at radius 2 is 2.19 bits per heavy atom. The molecule has 0 saturated heterocycles. The van der Waals surface area contributed by atoms with Gasteiger partial charge in [0.15, 0.2) is 0 Å². The van der Waals surface area contributed by atoms with E-state index in [0.29, 0.717) is 22.7 Å². The van der Waals surface area contributed by atoms with Gasteiger partial charge in [-0.1, -0.05) is 18.0 Å². The topological polar surface area (TPSA) is 73.0 Å². The van der Waals surface area contributed by atoms with Crippen LogP contribution in [0.4, 0.5) is 5.69 Å². The highest BCUT2D eigenvalue weighted by atomic mass is 35.5. The molecule has 0 bridgehead atoms. The van der Waals surface area contributed by atoms with E-state index >= 15 is 0 Å². The summed E-state index contributed by atoms with van der Waals surface area (Å²) in [6.07, 6.45) is 5.25. The number of nitrogens with zero attached hydrogens (tertiary/aromatic N) is 3. The Morgan fingerprint density at radius 3 is 2.92 bits per heavy atom. The first-order chi connectivity index (χ1) is 12.6. The van der Waals surface area contributed by atoms with Gasteiger partial charge >= 0.3 is 0 Å². The van der Waals surface area contributed by atoms with Crippen LogP contribution in [0.25, 0.3) is 11.6 Å². The van der Waals surface area contributed by atoms with Crippen LogP contribution in [-0.4, -0.2) is 20.7 Å². The molecular formula is C19H19ClN4O2. The third-order valence-corrected chi connectivity index (χ3v) is 4.96. The van der Waals surface area contributed by atoms with Gasteiger partial charge in [-0.15, -0.1) is 10.2 Å². The van der Waals surface area contributed by atoms with E-state index in [1.807, 2.05) is 31.3 Å². The zero-order valence-corrected chi connectivity index (χ0v) is 15.2. The van der Waals surface area contributed by atoms with Gasteiger partial charge in [0.2, 0.25) is 11.8 Å². The number of hydrogen-bond acceptors (Lipinski definition) is 4. The number of nitrogens with one attached hydrogen (secondary N) is 1. The lowest BCUT2D eigenvalue weighted by molar-refractivity contribution is -0.116. The Labute approximate surface area is 156 Å². The Balaban J connectivity index is 1.48. The van der Waals surface area contributed by atoms with E-state index in [0.717, 1.165) is 29.8 Å². The van der Waals surface area contributed by atoms with Crippen LogP contribution in [0.2, 0.25) is 5.02 Å². The van der Waals surface area contributed by atoms with Gasteiger partial charge in [-0.2, -0.15) is 0 Å². The normalized spacial score (nSPS) is 14.2. The maximum atomic E-state index is 12.4. The SMILES string of the molecule is Cc1cc(Cl)ccc1NC(=O)Cn1cccc1-c1nnc(C2CCC2)o1. The lowest BCUT2D eigenvalue weighted by atomic mass is 9.85. The lowest BCUT2D eigenvalue weighted by Gasteiger charge is -2.20. The molecule has 1 N–H and O–H groups in total. The molecule has 1 amide bonds. The van der Waals surface area contributed by atoms with E-state index in [4.69, 9.17) is 16.0 Å². The zero-order chi connectivity index (χ0) is 18.1. The quantitative estimate of drug-likeness (QED) is 0.722. The number of hydrogen-bond donors (Lipinski definition) is 1. The summed E-state index contributed by atoms with van der Waals surface area (Å²) in [5, 5.41) is 11.9. The maximum Gasteiger partial charge on any atom is 0.264 e. The average molecular weight is 371 g/mol. The summed E-state index contributed by atoms with van der Waals surface area (Å²) in [6.45, 7) is 2.06. The van der Waals surface area contributed by atoms with Crippen molar-refractivity contribution < 1.29 is 9.21 Å². The second-order valence-electron chi connectivity index (χ2n) is 6.60. The molecule has 1 aliphatic rings. The Kier molecular flexibility index (Phi) is 4.51. The minimum atomic E-state index is -0.133. The molecule has 0 unspecified atom stereocenters. The Hall–Kier alpha value is -2.60. The van der Waals surface area contributed by atoms with Crippen molar-refractivity contribution >= 4 is 23.2 Å². The van der Waals surface area contributed by atoms with Gasteiger partial charge < -0.3 is 14.3 Å². The number of halogens is 1. The molecule has 4 rings (SSSR count). The van der Waals surface area contributed by atoms with Gasteiger partial charge in [-0.05, 0) is 55.7 Å². The maximum absolute atomic E-state index is 12.4. The van der Waals surface area contributed by atoms with Crippen LogP contribution in [0, 0.1) is 6.92 Å². The summed E-state index contributed by atoms with van der Waals surface area (Å²) in [5.41, 5.74) is 2.41. The molecule has 2 aromatic heterocycles. The molecule has 26 heavy (non-hydrogen) atoms. The number of anilines is 1. The smallest absolute Gasteiger partial charge is 0.264 e. The van der Waals surface area contributed by atoms with Crippen molar-refractivity contribution in [3.63, 3.8) is 0 Å². The summed E-state index contributed by atoms with van der Waals surface area (Å²) >= 11 is 5.96. The summed E-state index contributed by atoms with van der Waals surface area (Å²) in [6, 6.07) is 9.11. The van der Waals surface area contributed by atoms with Gasteiger partial charge in [0.05, 0.1) is 0 Å². The van der Waals surface area contributed by atoms with Crippen molar-refractivity contribution in [3.05, 3.63) is 53.0 Å². The first kappa shape index (κ1) is 16.8. The second kappa shape index (κ2) is 6.96. The minimum absolute atomic E-state index is 0.133. The Morgan fingerprint density at radius 1 is 1.35 bits per heavy atom. The summed E-state index contributed by atoms with van der Waals surface area (Å²) in [4.78, 5) is 12.4. The summed E-state index contributed by atoms with van der Waals surface area (Å²) in [7, 11) is 0. The second-order valence-corrected chi connectivity index (χ2v) is 7.04. The predicted octanol–water partition coefficient (Wildman–Crippen LogP) is 4.41. The van der Waals surface area contributed by atoms with Crippen LogP contribution >= 0.6 is 11.6 Å². The van der Waals surface area contributed by atoms with Crippen molar-refractivity contribution in [1.82, 2.24) is 14.8 Å². The van der Waals surface area contributed by atoms with Crippen LogP contribution in [0.5, 0.6) is 0 Å². The van der Waals surface area contributed by atoms with Crippen molar-refractivity contribution in [3.8, 4) is 11.6 Å². The number of benzene rings is 1. The van der Waals surface area contributed by atoms with Gasteiger partial charge in [-0.25, -0.2) is 0 Å². The monoisotopic (exact) mass is 370 g/mol. The lowest BCUT2D eigenvalue weighted by Crippen LogP contribution is -2.19. The molecule has 1 aliphatic carbocycles. The van der Waals surface area contributed by atoms with Crippen LogP contribution in [0.15, 0.2) is 40.9 Å². The van der Waals surface area contributed by atoms with Gasteiger partial charge in [0.25, 0.3) is 5.89 Å². The highest BCUT2D eigenvalue weighted by Crippen LogP contribution is 2.36. The molecule has 134 valence electrons. The molecule has 0 atom stereocenters. The first-order valence-electron chi connectivity index (χ1n) is 8.65. The fraction of sp³-hybridized carbons (Fsp3) is 0.316. The van der Waals surface area contributed by atoms with E-state index in [9.17, 15) is 4.79 Å². The van der Waals surface area contributed by atoms with E-state index in [-0.39, 0.29) is 12.5 Å². The van der Waals surface area contributed by atoms with Crippen LogP contribution in [-0.2, 0) is 11.3 Å². The highest BCUT2D eigenvalue weighted by molar-refractivity contribution is 6.30. The van der Waals surface area contributed by atoms with E-state index in [1.165, 1.54) is 6.42 Å². The Bertz CT molecular complexity index is 943. The number of amides is 1. The first-order valence-corrected chi connectivity index (χ1v) is 9.03. The van der Waals surface area contributed by atoms with Gasteiger partial charge in [-0.3, -0.25) is 4.79 Å². The zero-order valence-electron chi connectivity index (χ0n) is 14.4. The molecule has 6 nitrogen and oxygen atoms in total. The van der Waals surface area contributed by atoms with Crippen LogP contribution in [0.3, 0.4) is 0 Å². The highest BCUT2D eigenvalue weighted by Gasteiger charge is 2.26. The van der Waals surface area contributed by atoms with E-state index in [2.05, 4.69) is 15.5 Å². The molecule has 0 aliphatic heterocycles. The molecule has 1 saturated carbocycles. The number of aryl methyl sites for hydroxylation is 1. The summed E-state index contributed by atoms with van der Waals surface area (Å²) < 4.78 is 7.62. The van der Waals surface area contributed by atoms with Crippen molar-refractivity contribution in [2.24, 2.45) is 0 Å². The molecule has 7 heteroatoms. The van der Waals surface area contributed by atoms with E-state index in [1.54, 1.807) is 16.7 Å². The van der Waals surface area contributed by atoms with Crippen molar-refractivity contribution in [2.45, 2.75) is 38.6 Å². The molecular weight excluding hydrogens is 352 g/mol. The van der Waals surface area contributed by atoms with Crippen LogP contribution in [0.1, 0.15) is 36.6 Å². The number of carbonyl (C=O) groups excluding carboxylic acids is 1. The van der Waals surface area contributed by atoms with Crippen LogP contribution < -0.4 is 5.32 Å². The fourth-order valence-corrected chi connectivity index (χ4v) is 3.24. The number of rotatable bonds is 5. The van der Waals surface area contributed by atoms with Crippen molar-refractivity contribution in [1.29, 1.82) is 0 Å². The molecule has 3 aromatic rings. The average Bonchev–Trinajstić information content (AvgIpc) is 3.18. The number of aromatic nitrogens is 3. The fourth-order valence-electron chi connectivity index (χ4n) is 3.02. The molecule has 0 spiro atoms. The van der Waals surface area contributed by atoms with Gasteiger partial charge in [0, 0.05) is 22.8 Å². The predicted molar refractivity (Wildman–Crippen MR) is 99.1 cm³/mol. The molecule has 2 heterocycles. The van der Waals surface area contributed by atoms with E-state index < -0.39 is 0 Å². The molecule has 1 aromatic carbocycles. The third-order valence-electron chi connectivity index (χ3n) is 4.72. The standard InChI is InChI=1S/C19H19ClN4O2/c1-12-10-14(20)7-8-15(12)21-17(25)11-24-9-3-6-16(24)19-23-22-18(26-19)13-4-2-5-13/h3,6-10,13H,2,4-5,11H2,1H3,(H,21,25). The minimum Gasteiger partial charge on any atom is -0.419 e.